The molecule has 0 bridgehead atoms. The molecule has 0 unspecified atom stereocenters. The van der Waals surface area contributed by atoms with Gasteiger partial charge >= 0.3 is 5.69 Å². The van der Waals surface area contributed by atoms with Crippen molar-refractivity contribution in [1.29, 1.82) is 0 Å². The minimum atomic E-state index is -0.369. The minimum Gasteiger partial charge on any atom is -0.361 e. The maximum Gasteiger partial charge on any atom is 0.334 e. The Labute approximate surface area is 174 Å². The summed E-state index contributed by atoms with van der Waals surface area (Å²) in [6.45, 7) is 1.03. The van der Waals surface area contributed by atoms with Crippen LogP contribution in [0.2, 0.25) is 5.15 Å². The van der Waals surface area contributed by atoms with Crippen molar-refractivity contribution in [2.24, 2.45) is 0 Å². The molecule has 2 aromatic carbocycles. The summed E-state index contributed by atoms with van der Waals surface area (Å²) in [6, 6.07) is 21.6. The van der Waals surface area contributed by atoms with Crippen LogP contribution in [-0.2, 0) is 13.1 Å². The van der Waals surface area contributed by atoms with Crippen LogP contribution in [0.3, 0.4) is 0 Å². The fraction of sp³-hybridized carbons (Fsp3) is 0.227. The molecule has 6 nitrogen and oxygen atoms in total. The van der Waals surface area contributed by atoms with Crippen LogP contribution < -0.4 is 10.2 Å². The average Bonchev–Trinajstić information content (AvgIpc) is 3.52. The Morgan fingerprint density at radius 3 is 2.07 bits per heavy atom. The number of benzene rings is 2. The Kier molecular flexibility index (Phi) is 5.62. The molecule has 1 aliphatic rings. The topological polar surface area (TPSA) is 71.3 Å². The highest BCUT2D eigenvalue weighted by Crippen LogP contribution is 2.39. The summed E-state index contributed by atoms with van der Waals surface area (Å²) in [5.74, 6) is 0.242. The van der Waals surface area contributed by atoms with Crippen molar-refractivity contribution in [3.8, 4) is 0 Å². The van der Waals surface area contributed by atoms with E-state index in [1.165, 1.54) is 0 Å². The van der Waals surface area contributed by atoms with E-state index in [2.05, 4.69) is 10.3 Å². The molecule has 29 heavy (non-hydrogen) atoms. The lowest BCUT2D eigenvalue weighted by Gasteiger charge is -2.26. The quantitative estimate of drug-likeness (QED) is 0.306. The van der Waals surface area contributed by atoms with Crippen molar-refractivity contribution < 1.29 is 4.92 Å². The number of pyridine rings is 1. The van der Waals surface area contributed by atoms with Crippen LogP contribution in [0.4, 0.5) is 17.2 Å². The normalized spacial score (nSPS) is 13.1. The lowest BCUT2D eigenvalue weighted by molar-refractivity contribution is -0.383. The highest BCUT2D eigenvalue weighted by atomic mass is 35.5. The number of halogens is 1. The third kappa shape index (κ3) is 4.84. The molecule has 1 heterocycles. The van der Waals surface area contributed by atoms with Crippen LogP contribution in [0.25, 0.3) is 0 Å². The van der Waals surface area contributed by atoms with E-state index >= 15 is 0 Å². The first-order valence-electron chi connectivity index (χ1n) is 9.54. The predicted molar refractivity (Wildman–Crippen MR) is 115 cm³/mol. The van der Waals surface area contributed by atoms with Gasteiger partial charge in [-0.3, -0.25) is 10.1 Å². The van der Waals surface area contributed by atoms with Gasteiger partial charge in [0.05, 0.1) is 4.92 Å². The number of nitro groups is 1. The summed E-state index contributed by atoms with van der Waals surface area (Å²) in [5, 5.41) is 15.4. The molecule has 1 saturated carbocycles. The van der Waals surface area contributed by atoms with Gasteiger partial charge in [0, 0.05) is 25.2 Å². The van der Waals surface area contributed by atoms with Crippen LogP contribution in [0.5, 0.6) is 0 Å². The Hall–Kier alpha value is -3.12. The number of hydrogen-bond donors (Lipinski definition) is 1. The van der Waals surface area contributed by atoms with Crippen molar-refractivity contribution in [1.82, 2.24) is 4.98 Å². The summed E-state index contributed by atoms with van der Waals surface area (Å²) in [4.78, 5) is 17.9. The molecule has 0 amide bonds. The number of nitrogens with one attached hydrogen (secondary N) is 1. The van der Waals surface area contributed by atoms with Crippen molar-refractivity contribution in [3.05, 3.63) is 93.1 Å². The highest BCUT2D eigenvalue weighted by Gasteiger charge is 2.31. The second-order valence-electron chi connectivity index (χ2n) is 7.16. The third-order valence-corrected chi connectivity index (χ3v) is 5.01. The van der Waals surface area contributed by atoms with Gasteiger partial charge in [0.2, 0.25) is 5.82 Å². The Bertz CT molecular complexity index is 953. The predicted octanol–water partition coefficient (Wildman–Crippen LogP) is 5.42. The fourth-order valence-corrected chi connectivity index (χ4v) is 3.46. The van der Waals surface area contributed by atoms with Crippen molar-refractivity contribution in [2.45, 2.75) is 32.0 Å². The zero-order valence-corrected chi connectivity index (χ0v) is 16.5. The lowest BCUT2D eigenvalue weighted by atomic mass is 10.1. The van der Waals surface area contributed by atoms with Gasteiger partial charge in [0.15, 0.2) is 0 Å². The van der Waals surface area contributed by atoms with Crippen LogP contribution in [0.1, 0.15) is 24.0 Å². The molecule has 148 valence electrons. The maximum absolute atomic E-state index is 12.0. The fourth-order valence-electron chi connectivity index (χ4n) is 3.27. The summed E-state index contributed by atoms with van der Waals surface area (Å²) in [6.07, 6.45) is 1.97. The molecule has 1 aliphatic carbocycles. The number of rotatable bonds is 8. The molecule has 0 aliphatic heterocycles. The molecule has 0 spiro atoms. The van der Waals surface area contributed by atoms with Crippen molar-refractivity contribution >= 4 is 28.8 Å². The standard InChI is InChI=1S/C22H21ClN4O2/c23-20-13-19(21(27(28)29)22(25-20)24-18-11-12-18)26(14-16-7-3-1-4-8-16)15-17-9-5-2-6-10-17/h1-10,13,18H,11-12,14-15H2,(H,24,25). The molecule has 0 saturated heterocycles. The van der Waals surface area contributed by atoms with Gasteiger partial charge in [0.1, 0.15) is 10.8 Å². The molecular weight excluding hydrogens is 388 g/mol. The van der Waals surface area contributed by atoms with E-state index in [9.17, 15) is 10.1 Å². The summed E-state index contributed by atoms with van der Waals surface area (Å²) < 4.78 is 0. The molecular formula is C22H21ClN4O2. The molecule has 0 atom stereocenters. The summed E-state index contributed by atoms with van der Waals surface area (Å²) in [7, 11) is 0. The third-order valence-electron chi connectivity index (χ3n) is 4.82. The second kappa shape index (κ2) is 8.49. The van der Waals surface area contributed by atoms with Gasteiger partial charge in [-0.05, 0) is 24.0 Å². The van der Waals surface area contributed by atoms with Gasteiger partial charge in [-0.25, -0.2) is 4.98 Å². The molecule has 0 radical (unpaired) electrons. The Balaban J connectivity index is 1.77. The van der Waals surface area contributed by atoms with E-state index < -0.39 is 0 Å². The first-order valence-corrected chi connectivity index (χ1v) is 9.92. The molecule has 4 rings (SSSR count). The number of anilines is 2. The van der Waals surface area contributed by atoms with E-state index in [4.69, 9.17) is 11.6 Å². The number of hydrogen-bond acceptors (Lipinski definition) is 5. The highest BCUT2D eigenvalue weighted by molar-refractivity contribution is 6.30. The van der Waals surface area contributed by atoms with Crippen molar-refractivity contribution in [3.63, 3.8) is 0 Å². The van der Waals surface area contributed by atoms with Gasteiger partial charge < -0.3 is 10.2 Å². The first kappa shape index (κ1) is 19.2. The van der Waals surface area contributed by atoms with Crippen LogP contribution >= 0.6 is 11.6 Å². The maximum atomic E-state index is 12.0. The van der Waals surface area contributed by atoms with E-state index in [-0.39, 0.29) is 27.6 Å². The summed E-state index contributed by atoms with van der Waals surface area (Å²) >= 11 is 6.28. The lowest BCUT2D eigenvalue weighted by Crippen LogP contribution is -2.24. The average molecular weight is 409 g/mol. The monoisotopic (exact) mass is 408 g/mol. The van der Waals surface area contributed by atoms with Crippen molar-refractivity contribution in [2.75, 3.05) is 10.2 Å². The zero-order chi connectivity index (χ0) is 20.2. The van der Waals surface area contributed by atoms with Gasteiger partial charge in [-0.1, -0.05) is 72.3 Å². The molecule has 1 N–H and O–H groups in total. The van der Waals surface area contributed by atoms with E-state index in [0.717, 1.165) is 24.0 Å². The SMILES string of the molecule is O=[N+]([O-])c1c(N(Cc2ccccc2)Cc2ccccc2)cc(Cl)nc1NC1CC1. The van der Waals surface area contributed by atoms with E-state index in [1.54, 1.807) is 6.07 Å². The summed E-state index contributed by atoms with van der Waals surface area (Å²) in [5.41, 5.74) is 2.55. The zero-order valence-electron chi connectivity index (χ0n) is 15.8. The molecule has 1 aromatic heterocycles. The van der Waals surface area contributed by atoms with Gasteiger partial charge in [-0.2, -0.15) is 0 Å². The van der Waals surface area contributed by atoms with Gasteiger partial charge in [-0.15, -0.1) is 0 Å². The molecule has 1 fully saturated rings. The number of aromatic nitrogens is 1. The Morgan fingerprint density at radius 1 is 1.03 bits per heavy atom. The largest absolute Gasteiger partial charge is 0.361 e. The first-order chi connectivity index (χ1) is 14.1. The minimum absolute atomic E-state index is 0.0341. The van der Waals surface area contributed by atoms with Crippen LogP contribution in [-0.4, -0.2) is 15.9 Å². The van der Waals surface area contributed by atoms with E-state index in [0.29, 0.717) is 18.8 Å². The molecule has 7 heteroatoms. The number of nitrogens with zero attached hydrogens (tertiary/aromatic N) is 3. The van der Waals surface area contributed by atoms with Gasteiger partial charge in [0.25, 0.3) is 0 Å². The van der Waals surface area contributed by atoms with Crippen LogP contribution in [0, 0.1) is 10.1 Å². The second-order valence-corrected chi connectivity index (χ2v) is 7.55. The van der Waals surface area contributed by atoms with E-state index in [1.807, 2.05) is 65.6 Å². The smallest absolute Gasteiger partial charge is 0.334 e. The Morgan fingerprint density at radius 2 is 1.59 bits per heavy atom. The van der Waals surface area contributed by atoms with Crippen LogP contribution in [0.15, 0.2) is 66.7 Å². The molecule has 3 aromatic rings.